The van der Waals surface area contributed by atoms with Gasteiger partial charge in [0.2, 0.25) is 0 Å². The molecule has 1 radical (unpaired) electrons. The van der Waals surface area contributed by atoms with E-state index in [4.69, 9.17) is 0 Å². The highest BCUT2D eigenvalue weighted by molar-refractivity contribution is 9.24. The third-order valence-electron chi connectivity index (χ3n) is 0.218. The van der Waals surface area contributed by atoms with Gasteiger partial charge in [-0.05, 0) is 6.42 Å². The Bertz CT molecular complexity index is 22.8. The van der Waals surface area contributed by atoms with Crippen LogP contribution in [0.15, 0.2) is 0 Å². The van der Waals surface area contributed by atoms with Crippen molar-refractivity contribution in [3.8, 4) is 0 Å². The van der Waals surface area contributed by atoms with Crippen LogP contribution >= 0.6 is 31.9 Å². The maximum absolute atomic E-state index is 3.59. The lowest BCUT2D eigenvalue weighted by atomic mass is 10.6. The van der Waals surface area contributed by atoms with Crippen LogP contribution in [-0.4, -0.2) is 21.1 Å². The molecule has 0 fully saturated rings. The van der Waals surface area contributed by atoms with Crippen LogP contribution in [0.5, 0.6) is 0 Å². The summed E-state index contributed by atoms with van der Waals surface area (Å²) in [4.78, 5) is 0. The molecule has 37 valence electrons. The van der Waals surface area contributed by atoms with Gasteiger partial charge in [-0.15, -0.1) is 0 Å². The minimum Gasteiger partial charge on any atom is -0.0765 e. The third kappa shape index (κ3) is 9.09. The molecule has 0 unspecified atom stereocenters. The summed E-state index contributed by atoms with van der Waals surface area (Å²) < 4.78 is 0.398. The number of halogens is 2. The maximum atomic E-state index is 3.59. The van der Waals surface area contributed by atoms with Gasteiger partial charge >= 0.3 is 0 Å². The quantitative estimate of drug-likeness (QED) is 0.468. The number of rotatable bonds is 1. The van der Waals surface area contributed by atoms with Crippen LogP contribution in [0.2, 0.25) is 0 Å². The summed E-state index contributed by atoms with van der Waals surface area (Å²) in [7, 11) is 0. The van der Waals surface area contributed by atoms with Crippen LogP contribution in [0, 0.1) is 6.92 Å². The molecule has 0 rings (SSSR count). The summed E-state index contributed by atoms with van der Waals surface area (Å²) in [5, 5.41) is 0. The highest BCUT2D eigenvalue weighted by atomic mass is 79.9. The summed E-state index contributed by atoms with van der Waals surface area (Å²) in [6.07, 6.45) is 0.889. The van der Waals surface area contributed by atoms with Crippen LogP contribution in [0.4, 0.5) is 0 Å². The van der Waals surface area contributed by atoms with Crippen molar-refractivity contribution in [2.45, 2.75) is 10.2 Å². The zero-order valence-electron chi connectivity index (χ0n) is 2.75. The van der Waals surface area contributed by atoms with E-state index in [0.717, 1.165) is 6.42 Å². The standard InChI is InChI=1S/C3H5Br2.Al.3H/c1-2-3(4)5;;;;/h3H,1-2H2;;;;. The van der Waals surface area contributed by atoms with Crippen molar-refractivity contribution in [1.29, 1.82) is 0 Å². The van der Waals surface area contributed by atoms with Crippen LogP contribution in [-0.2, 0) is 0 Å². The summed E-state index contributed by atoms with van der Waals surface area (Å²) in [5.74, 6) is 0. The zero-order chi connectivity index (χ0) is 4.28. The molecule has 0 atom stereocenters. The molecule has 0 N–H and O–H groups in total. The van der Waals surface area contributed by atoms with Gasteiger partial charge in [-0.1, -0.05) is 38.8 Å². The summed E-state index contributed by atoms with van der Waals surface area (Å²) >= 11 is 6.45. The van der Waals surface area contributed by atoms with Gasteiger partial charge in [0.05, 0.1) is 3.74 Å². The number of hydrogen-bond acceptors (Lipinski definition) is 0. The fourth-order valence-corrected chi connectivity index (χ4v) is 0. The molecule has 3 heteroatoms. The SMILES string of the molecule is [AlH3].[CH2]CC(Br)Br. The molecule has 0 heterocycles. The first-order chi connectivity index (χ1) is 2.27. The fraction of sp³-hybridized carbons (Fsp3) is 0.667. The van der Waals surface area contributed by atoms with Gasteiger partial charge in [0.1, 0.15) is 0 Å². The Hall–Kier alpha value is 1.49. The first kappa shape index (κ1) is 10.5. The van der Waals surface area contributed by atoms with Crippen molar-refractivity contribution < 1.29 is 0 Å². The minimum absolute atomic E-state index is 0. The van der Waals surface area contributed by atoms with E-state index in [1.54, 1.807) is 0 Å². The predicted octanol–water partition coefficient (Wildman–Crippen LogP) is 1.14. The molecule has 0 saturated carbocycles. The van der Waals surface area contributed by atoms with Crippen LogP contribution < -0.4 is 0 Å². The van der Waals surface area contributed by atoms with Crippen molar-refractivity contribution in [2.75, 3.05) is 0 Å². The molecule has 0 saturated heterocycles. The molecule has 0 aliphatic heterocycles. The second kappa shape index (κ2) is 6.49. The van der Waals surface area contributed by atoms with Crippen molar-refractivity contribution in [1.82, 2.24) is 0 Å². The first-order valence-electron chi connectivity index (χ1n) is 1.34. The van der Waals surface area contributed by atoms with Crippen molar-refractivity contribution in [3.63, 3.8) is 0 Å². The van der Waals surface area contributed by atoms with Crippen molar-refractivity contribution in [3.05, 3.63) is 6.92 Å². The van der Waals surface area contributed by atoms with Gasteiger partial charge in [-0.3, -0.25) is 0 Å². The second-order valence-electron chi connectivity index (χ2n) is 0.680. The molecule has 0 amide bonds. The molecule has 0 aromatic heterocycles. The lowest BCUT2D eigenvalue weighted by Gasteiger charge is -1.85. The van der Waals surface area contributed by atoms with Gasteiger partial charge in [-0.2, -0.15) is 0 Å². The lowest BCUT2D eigenvalue weighted by molar-refractivity contribution is 1.22. The molecule has 0 aliphatic carbocycles. The molecular formula is C3H8AlBr2. The smallest absolute Gasteiger partial charge is 0.0765 e. The van der Waals surface area contributed by atoms with Crippen LogP contribution in [0.1, 0.15) is 6.42 Å². The molecule has 0 nitrogen and oxygen atoms in total. The first-order valence-corrected chi connectivity index (χ1v) is 3.18. The Morgan fingerprint density at radius 1 is 1.50 bits per heavy atom. The Morgan fingerprint density at radius 3 is 1.67 bits per heavy atom. The van der Waals surface area contributed by atoms with Gasteiger partial charge in [0, 0.05) is 0 Å². The molecule has 0 bridgehead atoms. The van der Waals surface area contributed by atoms with E-state index < -0.39 is 0 Å². The molecular weight excluding hydrogens is 223 g/mol. The van der Waals surface area contributed by atoms with Crippen molar-refractivity contribution >= 4 is 49.2 Å². The van der Waals surface area contributed by atoms with E-state index in [1.807, 2.05) is 0 Å². The van der Waals surface area contributed by atoms with Crippen LogP contribution in [0.25, 0.3) is 0 Å². The lowest BCUT2D eigenvalue weighted by Crippen LogP contribution is -1.73. The van der Waals surface area contributed by atoms with Gasteiger partial charge in [0.25, 0.3) is 0 Å². The van der Waals surface area contributed by atoms with Gasteiger partial charge < -0.3 is 0 Å². The maximum Gasteiger partial charge on any atom is 0.187 e. The van der Waals surface area contributed by atoms with E-state index in [0.29, 0.717) is 3.74 Å². The molecule has 6 heavy (non-hydrogen) atoms. The molecule has 0 aromatic rings. The summed E-state index contributed by atoms with van der Waals surface area (Å²) in [6.45, 7) is 3.59. The van der Waals surface area contributed by atoms with Gasteiger partial charge in [0.15, 0.2) is 17.4 Å². The molecule has 0 spiro atoms. The Labute approximate surface area is 66.1 Å². The summed E-state index contributed by atoms with van der Waals surface area (Å²) in [6, 6.07) is 0. The van der Waals surface area contributed by atoms with E-state index in [-0.39, 0.29) is 17.4 Å². The number of alkyl halides is 2. The second-order valence-corrected chi connectivity index (χ2v) is 4.12. The Balaban J connectivity index is 0. The highest BCUT2D eigenvalue weighted by Crippen LogP contribution is 2.09. The summed E-state index contributed by atoms with van der Waals surface area (Å²) in [5.41, 5.74) is 0. The van der Waals surface area contributed by atoms with E-state index in [2.05, 4.69) is 38.8 Å². The largest absolute Gasteiger partial charge is 0.187 e. The van der Waals surface area contributed by atoms with E-state index in [1.165, 1.54) is 0 Å². The topological polar surface area (TPSA) is 0 Å². The van der Waals surface area contributed by atoms with Crippen molar-refractivity contribution in [2.24, 2.45) is 0 Å². The van der Waals surface area contributed by atoms with Gasteiger partial charge in [-0.25, -0.2) is 0 Å². The number of hydrogen-bond donors (Lipinski definition) is 0. The average Bonchev–Trinajstić information content (AvgIpc) is 1.38. The molecule has 0 aromatic carbocycles. The Kier molecular flexibility index (Phi) is 11.3. The predicted molar refractivity (Wildman–Crippen MR) is 41.6 cm³/mol. The van der Waals surface area contributed by atoms with E-state index >= 15 is 0 Å². The Morgan fingerprint density at radius 2 is 1.67 bits per heavy atom. The minimum atomic E-state index is 0. The van der Waals surface area contributed by atoms with Crippen LogP contribution in [0.3, 0.4) is 0 Å². The highest BCUT2D eigenvalue weighted by Gasteiger charge is 1.85. The average molecular weight is 231 g/mol. The zero-order valence-corrected chi connectivity index (χ0v) is 5.92. The normalized spacial score (nSPS) is 8.00. The molecule has 0 aliphatic rings. The van der Waals surface area contributed by atoms with E-state index in [9.17, 15) is 0 Å². The monoisotopic (exact) mass is 229 g/mol. The third-order valence-corrected chi connectivity index (χ3v) is 1.13. The fourth-order valence-electron chi connectivity index (χ4n) is 0.